The van der Waals surface area contributed by atoms with E-state index in [-0.39, 0.29) is 5.91 Å². The molecular weight excluding hydrogens is 444 g/mol. The zero-order valence-corrected chi connectivity index (χ0v) is 19.5. The summed E-state index contributed by atoms with van der Waals surface area (Å²) in [6.45, 7) is 4.19. The zero-order chi connectivity index (χ0) is 24.6. The smallest absolute Gasteiger partial charge is 0.251 e. The summed E-state index contributed by atoms with van der Waals surface area (Å²) in [7, 11) is 0. The molecule has 9 nitrogen and oxygen atoms in total. The first-order valence-corrected chi connectivity index (χ1v) is 11.4. The SMILES string of the molecule is C[C@@H](NC(=O)c1cccc(-c2cc(-c3ccc(CNCCCn4ccnc4)cc3)on2)c1)C(N)=O. The summed E-state index contributed by atoms with van der Waals surface area (Å²) >= 11 is 0. The lowest BCUT2D eigenvalue weighted by Crippen LogP contribution is -2.42. The highest BCUT2D eigenvalue weighted by molar-refractivity contribution is 5.98. The number of carbonyl (C=O) groups is 2. The molecule has 0 bridgehead atoms. The molecule has 4 N–H and O–H groups in total. The fraction of sp³-hybridized carbons (Fsp3) is 0.231. The van der Waals surface area contributed by atoms with E-state index in [9.17, 15) is 9.59 Å². The van der Waals surface area contributed by atoms with Crippen LogP contribution in [0.1, 0.15) is 29.3 Å². The summed E-state index contributed by atoms with van der Waals surface area (Å²) in [5, 5.41) is 10.2. The third-order valence-electron chi connectivity index (χ3n) is 5.60. The molecule has 2 heterocycles. The first-order chi connectivity index (χ1) is 17.0. The maximum atomic E-state index is 12.4. The molecule has 180 valence electrons. The molecule has 0 saturated carbocycles. The summed E-state index contributed by atoms with van der Waals surface area (Å²) in [6, 6.07) is 16.2. The van der Waals surface area contributed by atoms with E-state index >= 15 is 0 Å². The number of benzene rings is 2. The van der Waals surface area contributed by atoms with Gasteiger partial charge in [0.2, 0.25) is 5.91 Å². The Kier molecular flexibility index (Phi) is 7.69. The maximum Gasteiger partial charge on any atom is 0.251 e. The van der Waals surface area contributed by atoms with Crippen LogP contribution in [0.25, 0.3) is 22.6 Å². The summed E-state index contributed by atoms with van der Waals surface area (Å²) in [5.74, 6) is -0.340. The lowest BCUT2D eigenvalue weighted by molar-refractivity contribution is -0.119. The van der Waals surface area contributed by atoms with Crippen LogP contribution in [0.3, 0.4) is 0 Å². The van der Waals surface area contributed by atoms with E-state index in [4.69, 9.17) is 10.3 Å². The number of nitrogens with one attached hydrogen (secondary N) is 2. The molecule has 0 spiro atoms. The number of carbonyl (C=O) groups excluding carboxylic acids is 2. The monoisotopic (exact) mass is 472 g/mol. The van der Waals surface area contributed by atoms with Gasteiger partial charge in [-0.3, -0.25) is 9.59 Å². The van der Waals surface area contributed by atoms with Crippen LogP contribution in [-0.2, 0) is 17.9 Å². The van der Waals surface area contributed by atoms with Gasteiger partial charge in [-0.1, -0.05) is 41.6 Å². The van der Waals surface area contributed by atoms with Gasteiger partial charge in [0.15, 0.2) is 5.76 Å². The average Bonchev–Trinajstić information content (AvgIpc) is 3.57. The van der Waals surface area contributed by atoms with E-state index in [2.05, 4.69) is 37.5 Å². The van der Waals surface area contributed by atoms with Crippen molar-refractivity contribution in [2.45, 2.75) is 32.5 Å². The molecule has 0 fully saturated rings. The van der Waals surface area contributed by atoms with Gasteiger partial charge in [-0.2, -0.15) is 0 Å². The molecule has 0 aliphatic carbocycles. The van der Waals surface area contributed by atoms with E-state index in [1.165, 1.54) is 5.56 Å². The number of nitrogens with zero attached hydrogens (tertiary/aromatic N) is 3. The Balaban J connectivity index is 1.33. The van der Waals surface area contributed by atoms with Gasteiger partial charge in [0.05, 0.1) is 6.33 Å². The predicted molar refractivity (Wildman–Crippen MR) is 132 cm³/mol. The van der Waals surface area contributed by atoms with E-state index in [1.807, 2.05) is 36.8 Å². The quantitative estimate of drug-likeness (QED) is 0.288. The molecule has 0 aliphatic rings. The van der Waals surface area contributed by atoms with Crippen LogP contribution in [0, 0.1) is 0 Å². The number of aromatic nitrogens is 3. The Morgan fingerprint density at radius 1 is 1.11 bits per heavy atom. The molecule has 9 heteroatoms. The number of imidazole rings is 1. The largest absolute Gasteiger partial charge is 0.368 e. The normalized spacial score (nSPS) is 11.8. The van der Waals surface area contributed by atoms with Crippen molar-refractivity contribution >= 4 is 11.8 Å². The Morgan fingerprint density at radius 3 is 2.69 bits per heavy atom. The molecule has 0 aliphatic heterocycles. The minimum atomic E-state index is -0.759. The van der Waals surface area contributed by atoms with Crippen LogP contribution in [0.15, 0.2) is 77.8 Å². The number of amides is 2. The second kappa shape index (κ2) is 11.3. The van der Waals surface area contributed by atoms with Crippen molar-refractivity contribution in [1.82, 2.24) is 25.3 Å². The van der Waals surface area contributed by atoms with E-state index in [0.29, 0.717) is 17.0 Å². The van der Waals surface area contributed by atoms with Gasteiger partial charge in [-0.15, -0.1) is 0 Å². The van der Waals surface area contributed by atoms with E-state index in [1.54, 1.807) is 31.3 Å². The molecule has 4 rings (SSSR count). The standard InChI is InChI=1S/C26H28N6O3/c1-18(25(27)33)30-26(34)22-5-2-4-21(14-22)23-15-24(35-31-23)20-8-6-19(7-9-20)16-28-10-3-12-32-13-11-29-17-32/h2,4-9,11,13-15,17-18,28H,3,10,12,16H2,1H3,(H2,27,33)(H,30,34)/t18-/m1/s1. The predicted octanol–water partition coefficient (Wildman–Crippen LogP) is 2.99. The Bertz CT molecular complexity index is 1260. The first-order valence-electron chi connectivity index (χ1n) is 11.4. The number of aryl methyl sites for hydroxylation is 1. The van der Waals surface area contributed by atoms with Crippen molar-refractivity contribution in [3.63, 3.8) is 0 Å². The van der Waals surface area contributed by atoms with Crippen molar-refractivity contribution in [3.8, 4) is 22.6 Å². The lowest BCUT2D eigenvalue weighted by Gasteiger charge is -2.10. The van der Waals surface area contributed by atoms with Crippen molar-refractivity contribution in [1.29, 1.82) is 0 Å². The third-order valence-corrected chi connectivity index (χ3v) is 5.60. The molecule has 35 heavy (non-hydrogen) atoms. The van der Waals surface area contributed by atoms with Gasteiger partial charge in [-0.05, 0) is 37.6 Å². The third kappa shape index (κ3) is 6.42. The van der Waals surface area contributed by atoms with Gasteiger partial charge in [0.25, 0.3) is 5.91 Å². The van der Waals surface area contributed by atoms with Crippen molar-refractivity contribution in [2.75, 3.05) is 6.54 Å². The number of hydrogen-bond acceptors (Lipinski definition) is 6. The Morgan fingerprint density at radius 2 is 1.94 bits per heavy atom. The molecule has 2 aromatic heterocycles. The molecule has 1 atom stereocenters. The minimum absolute atomic E-state index is 0.382. The molecule has 2 aromatic carbocycles. The summed E-state index contributed by atoms with van der Waals surface area (Å²) in [4.78, 5) is 27.7. The zero-order valence-electron chi connectivity index (χ0n) is 19.5. The summed E-state index contributed by atoms with van der Waals surface area (Å²) in [5.41, 5.74) is 9.06. The molecular formula is C26H28N6O3. The van der Waals surface area contributed by atoms with Gasteiger partial charge >= 0.3 is 0 Å². The average molecular weight is 473 g/mol. The fourth-order valence-electron chi connectivity index (χ4n) is 3.54. The topological polar surface area (TPSA) is 128 Å². The highest BCUT2D eigenvalue weighted by Crippen LogP contribution is 2.27. The molecule has 0 radical (unpaired) electrons. The minimum Gasteiger partial charge on any atom is -0.368 e. The van der Waals surface area contributed by atoms with Gasteiger partial charge in [0.1, 0.15) is 11.7 Å². The van der Waals surface area contributed by atoms with Crippen LogP contribution >= 0.6 is 0 Å². The van der Waals surface area contributed by atoms with Crippen molar-refractivity contribution in [2.24, 2.45) is 5.73 Å². The van der Waals surface area contributed by atoms with Crippen LogP contribution < -0.4 is 16.4 Å². The van der Waals surface area contributed by atoms with Gasteiger partial charge in [0, 0.05) is 48.2 Å². The highest BCUT2D eigenvalue weighted by Gasteiger charge is 2.15. The van der Waals surface area contributed by atoms with Crippen LogP contribution in [0.2, 0.25) is 0 Å². The molecule has 0 unspecified atom stereocenters. The second-order valence-corrected chi connectivity index (χ2v) is 8.28. The van der Waals surface area contributed by atoms with Gasteiger partial charge < -0.3 is 25.5 Å². The highest BCUT2D eigenvalue weighted by atomic mass is 16.5. The lowest BCUT2D eigenvalue weighted by atomic mass is 10.1. The number of primary amides is 1. The van der Waals surface area contributed by atoms with Crippen molar-refractivity contribution < 1.29 is 14.1 Å². The fourth-order valence-corrected chi connectivity index (χ4v) is 3.54. The molecule has 0 saturated heterocycles. The van der Waals surface area contributed by atoms with E-state index < -0.39 is 11.9 Å². The second-order valence-electron chi connectivity index (χ2n) is 8.28. The summed E-state index contributed by atoms with van der Waals surface area (Å²) in [6.07, 6.45) is 6.61. The first kappa shape index (κ1) is 23.9. The van der Waals surface area contributed by atoms with Gasteiger partial charge in [-0.25, -0.2) is 4.98 Å². The number of nitrogens with two attached hydrogens (primary N) is 1. The molecule has 2 amide bonds. The Hall–Kier alpha value is -4.24. The van der Waals surface area contributed by atoms with Crippen LogP contribution in [0.5, 0.6) is 0 Å². The van der Waals surface area contributed by atoms with E-state index in [0.717, 1.165) is 37.2 Å². The number of rotatable bonds is 11. The maximum absolute atomic E-state index is 12.4. The number of hydrogen-bond donors (Lipinski definition) is 3. The van der Waals surface area contributed by atoms with Crippen molar-refractivity contribution in [3.05, 3.63) is 84.4 Å². The molecule has 4 aromatic rings. The Labute approximate surface area is 203 Å². The van der Waals surface area contributed by atoms with Crippen LogP contribution in [-0.4, -0.2) is 39.1 Å². The van der Waals surface area contributed by atoms with Crippen LogP contribution in [0.4, 0.5) is 0 Å². The summed E-state index contributed by atoms with van der Waals surface area (Å²) < 4.78 is 7.62.